The number of aryl methyl sites for hydroxylation is 1. The van der Waals surface area contributed by atoms with Crippen LogP contribution in [0.4, 0.5) is 0 Å². The smallest absolute Gasteiger partial charge is 0.137 e. The zero-order valence-corrected chi connectivity index (χ0v) is 11.0. The quantitative estimate of drug-likeness (QED) is 0.670. The van der Waals surface area contributed by atoms with Crippen molar-refractivity contribution in [3.05, 3.63) is 12.7 Å². The molecule has 1 aromatic rings. The lowest BCUT2D eigenvalue weighted by molar-refractivity contribution is 0.454. The van der Waals surface area contributed by atoms with E-state index in [0.717, 1.165) is 19.5 Å². The van der Waals surface area contributed by atoms with E-state index in [0.29, 0.717) is 6.04 Å². The van der Waals surface area contributed by atoms with Crippen LogP contribution in [0.5, 0.6) is 0 Å². The van der Waals surface area contributed by atoms with Crippen molar-refractivity contribution in [2.24, 2.45) is 0 Å². The summed E-state index contributed by atoms with van der Waals surface area (Å²) in [5.74, 6) is 1.27. The molecule has 0 spiro atoms. The Bertz CT molecular complexity index is 250. The van der Waals surface area contributed by atoms with Gasteiger partial charge in [-0.05, 0) is 44.7 Å². The number of hydrogen-bond donors (Lipinski definition) is 1. The largest absolute Gasteiger partial charge is 0.314 e. The van der Waals surface area contributed by atoms with E-state index in [-0.39, 0.29) is 0 Å². The van der Waals surface area contributed by atoms with E-state index < -0.39 is 0 Å². The Hall–Kier alpha value is -0.550. The first-order valence-electron chi connectivity index (χ1n) is 5.87. The lowest BCUT2D eigenvalue weighted by atomic mass is 10.2. The first-order chi connectivity index (χ1) is 7.83. The number of hydrogen-bond acceptors (Lipinski definition) is 4. The first kappa shape index (κ1) is 13.5. The molecule has 5 heteroatoms. The van der Waals surface area contributed by atoms with Crippen LogP contribution in [0.2, 0.25) is 0 Å². The van der Waals surface area contributed by atoms with Crippen molar-refractivity contribution in [2.45, 2.75) is 38.8 Å². The topological polar surface area (TPSA) is 42.7 Å². The van der Waals surface area contributed by atoms with Crippen LogP contribution in [0.25, 0.3) is 0 Å². The molecule has 0 aliphatic rings. The zero-order valence-electron chi connectivity index (χ0n) is 10.2. The van der Waals surface area contributed by atoms with Crippen molar-refractivity contribution in [1.82, 2.24) is 20.1 Å². The molecule has 0 aliphatic heterocycles. The Morgan fingerprint density at radius 3 is 3.00 bits per heavy atom. The van der Waals surface area contributed by atoms with Crippen LogP contribution in [0.1, 0.15) is 26.2 Å². The SMILES string of the molecule is CSCCCCNC(C)CCn1cncn1. The monoisotopic (exact) mass is 242 g/mol. The van der Waals surface area contributed by atoms with Gasteiger partial charge in [-0.25, -0.2) is 4.98 Å². The molecule has 4 nitrogen and oxygen atoms in total. The Morgan fingerprint density at radius 1 is 1.44 bits per heavy atom. The lowest BCUT2D eigenvalue weighted by Gasteiger charge is -2.13. The molecule has 0 radical (unpaired) electrons. The molecular weight excluding hydrogens is 220 g/mol. The highest BCUT2D eigenvalue weighted by atomic mass is 32.2. The molecule has 92 valence electrons. The third kappa shape index (κ3) is 6.12. The highest BCUT2D eigenvalue weighted by molar-refractivity contribution is 7.98. The van der Waals surface area contributed by atoms with Gasteiger partial charge in [0, 0.05) is 12.6 Å². The molecule has 1 heterocycles. The lowest BCUT2D eigenvalue weighted by Crippen LogP contribution is -2.28. The molecule has 0 aromatic carbocycles. The average molecular weight is 242 g/mol. The minimum atomic E-state index is 0.554. The van der Waals surface area contributed by atoms with Crippen LogP contribution in [0.15, 0.2) is 12.7 Å². The van der Waals surface area contributed by atoms with Gasteiger partial charge in [0.2, 0.25) is 0 Å². The van der Waals surface area contributed by atoms with Gasteiger partial charge < -0.3 is 5.32 Å². The van der Waals surface area contributed by atoms with Gasteiger partial charge in [-0.15, -0.1) is 0 Å². The fourth-order valence-corrected chi connectivity index (χ4v) is 1.99. The van der Waals surface area contributed by atoms with E-state index in [4.69, 9.17) is 0 Å². The normalized spacial score (nSPS) is 12.9. The van der Waals surface area contributed by atoms with E-state index in [1.165, 1.54) is 18.6 Å². The van der Waals surface area contributed by atoms with Crippen molar-refractivity contribution < 1.29 is 0 Å². The van der Waals surface area contributed by atoms with Gasteiger partial charge in [-0.2, -0.15) is 16.9 Å². The van der Waals surface area contributed by atoms with Crippen LogP contribution in [0.3, 0.4) is 0 Å². The molecule has 1 N–H and O–H groups in total. The number of unbranched alkanes of at least 4 members (excludes halogenated alkanes) is 1. The van der Waals surface area contributed by atoms with E-state index >= 15 is 0 Å². The molecule has 0 saturated carbocycles. The maximum Gasteiger partial charge on any atom is 0.137 e. The second-order valence-electron chi connectivity index (χ2n) is 4.00. The number of rotatable bonds is 9. The van der Waals surface area contributed by atoms with Crippen LogP contribution in [-0.4, -0.2) is 39.4 Å². The molecule has 1 aromatic heterocycles. The molecule has 0 fully saturated rings. The number of nitrogens with one attached hydrogen (secondary N) is 1. The second-order valence-corrected chi connectivity index (χ2v) is 4.99. The molecule has 1 rings (SSSR count). The van der Waals surface area contributed by atoms with Crippen LogP contribution >= 0.6 is 11.8 Å². The zero-order chi connectivity index (χ0) is 11.6. The average Bonchev–Trinajstić information content (AvgIpc) is 2.79. The number of thioether (sulfide) groups is 1. The van der Waals surface area contributed by atoms with Crippen LogP contribution in [-0.2, 0) is 6.54 Å². The molecule has 1 unspecified atom stereocenters. The summed E-state index contributed by atoms with van der Waals surface area (Å²) in [5.41, 5.74) is 0. The molecule has 16 heavy (non-hydrogen) atoms. The summed E-state index contributed by atoms with van der Waals surface area (Å²) in [5, 5.41) is 7.62. The highest BCUT2D eigenvalue weighted by Gasteiger charge is 2.01. The first-order valence-corrected chi connectivity index (χ1v) is 7.27. The summed E-state index contributed by atoms with van der Waals surface area (Å²) in [6.45, 7) is 4.30. The minimum Gasteiger partial charge on any atom is -0.314 e. The summed E-state index contributed by atoms with van der Waals surface area (Å²) >= 11 is 1.92. The van der Waals surface area contributed by atoms with E-state index in [9.17, 15) is 0 Å². The third-order valence-electron chi connectivity index (χ3n) is 2.53. The van der Waals surface area contributed by atoms with Crippen molar-refractivity contribution in [3.8, 4) is 0 Å². The Labute approximate surface area is 102 Å². The van der Waals surface area contributed by atoms with Gasteiger partial charge in [0.05, 0.1) is 0 Å². The summed E-state index contributed by atoms with van der Waals surface area (Å²) in [7, 11) is 0. The second kappa shape index (κ2) is 8.58. The fourth-order valence-electron chi connectivity index (χ4n) is 1.50. The predicted molar refractivity (Wildman–Crippen MR) is 69.7 cm³/mol. The molecular formula is C11H22N4S. The molecule has 1 atom stereocenters. The van der Waals surface area contributed by atoms with Gasteiger partial charge in [-0.1, -0.05) is 0 Å². The minimum absolute atomic E-state index is 0.554. The van der Waals surface area contributed by atoms with Crippen molar-refractivity contribution in [3.63, 3.8) is 0 Å². The Kier molecular flexibility index (Phi) is 7.25. The fraction of sp³-hybridized carbons (Fsp3) is 0.818. The van der Waals surface area contributed by atoms with Crippen molar-refractivity contribution in [2.75, 3.05) is 18.6 Å². The molecule has 0 amide bonds. The molecule has 0 bridgehead atoms. The van der Waals surface area contributed by atoms with Crippen LogP contribution in [0, 0.1) is 0 Å². The number of aromatic nitrogens is 3. The predicted octanol–water partition coefficient (Wildman–Crippen LogP) is 1.79. The van der Waals surface area contributed by atoms with E-state index in [1.54, 1.807) is 12.7 Å². The van der Waals surface area contributed by atoms with Gasteiger partial charge in [-0.3, -0.25) is 4.68 Å². The Morgan fingerprint density at radius 2 is 2.31 bits per heavy atom. The van der Waals surface area contributed by atoms with Gasteiger partial charge in [0.1, 0.15) is 12.7 Å². The van der Waals surface area contributed by atoms with E-state index in [1.807, 2.05) is 16.4 Å². The van der Waals surface area contributed by atoms with Crippen LogP contribution < -0.4 is 5.32 Å². The maximum absolute atomic E-state index is 4.08. The van der Waals surface area contributed by atoms with Gasteiger partial charge in [0.15, 0.2) is 0 Å². The van der Waals surface area contributed by atoms with Crippen molar-refractivity contribution >= 4 is 11.8 Å². The van der Waals surface area contributed by atoms with Gasteiger partial charge >= 0.3 is 0 Å². The summed E-state index contributed by atoms with van der Waals surface area (Å²) < 4.78 is 1.88. The van der Waals surface area contributed by atoms with Crippen molar-refractivity contribution in [1.29, 1.82) is 0 Å². The summed E-state index contributed by atoms with van der Waals surface area (Å²) in [6, 6.07) is 0.554. The molecule has 0 aliphatic carbocycles. The standard InChI is InChI=1S/C11H22N4S/c1-11(13-6-3-4-8-16-2)5-7-15-10-12-9-14-15/h9-11,13H,3-8H2,1-2H3. The Balaban J connectivity index is 1.96. The van der Waals surface area contributed by atoms with Gasteiger partial charge in [0.25, 0.3) is 0 Å². The maximum atomic E-state index is 4.08. The third-order valence-corrected chi connectivity index (χ3v) is 3.22. The summed E-state index contributed by atoms with van der Waals surface area (Å²) in [6.07, 6.45) is 9.20. The van der Waals surface area contributed by atoms with E-state index in [2.05, 4.69) is 28.6 Å². The highest BCUT2D eigenvalue weighted by Crippen LogP contribution is 1.99. The number of nitrogens with zero attached hydrogens (tertiary/aromatic N) is 3. The summed E-state index contributed by atoms with van der Waals surface area (Å²) in [4.78, 5) is 3.93. The molecule has 0 saturated heterocycles.